The second-order valence-corrected chi connectivity index (χ2v) is 7.85. The predicted octanol–water partition coefficient (Wildman–Crippen LogP) is 3.66. The van der Waals surface area contributed by atoms with Crippen LogP contribution in [0.1, 0.15) is 28.8 Å². The molecule has 1 fully saturated rings. The molecule has 0 saturated heterocycles. The summed E-state index contributed by atoms with van der Waals surface area (Å²) in [5, 5.41) is 12.7. The number of carbonyl (C=O) groups is 2. The molecule has 0 spiro atoms. The van der Waals surface area contributed by atoms with Crippen molar-refractivity contribution < 1.29 is 19.4 Å². The number of aromatic carboxylic acids is 1. The number of hydrogen-bond acceptors (Lipinski definition) is 6. The number of aromatic nitrogens is 1. The van der Waals surface area contributed by atoms with Crippen LogP contribution in [0.3, 0.4) is 0 Å². The van der Waals surface area contributed by atoms with E-state index in [4.69, 9.17) is 4.74 Å². The topological polar surface area (TPSA) is 88.5 Å². The Kier molecular flexibility index (Phi) is 4.77. The summed E-state index contributed by atoms with van der Waals surface area (Å²) >= 11 is 2.80. The van der Waals surface area contributed by atoms with Crippen molar-refractivity contribution in [1.29, 1.82) is 0 Å². The fourth-order valence-electron chi connectivity index (χ4n) is 2.13. The number of carboxylic acids is 1. The minimum atomic E-state index is -1.03. The molecule has 2 aromatic rings. The van der Waals surface area contributed by atoms with Crippen LogP contribution in [0.5, 0.6) is 5.75 Å². The van der Waals surface area contributed by atoms with Crippen molar-refractivity contribution in [3.63, 3.8) is 0 Å². The number of aryl methyl sites for hydroxylation is 1. The third-order valence-corrected chi connectivity index (χ3v) is 5.77. The lowest BCUT2D eigenvalue weighted by Gasteiger charge is -2.10. The van der Waals surface area contributed by atoms with Crippen LogP contribution in [0.25, 0.3) is 0 Å². The summed E-state index contributed by atoms with van der Waals surface area (Å²) in [6, 6.07) is 3.31. The molecule has 0 bridgehead atoms. The summed E-state index contributed by atoms with van der Waals surface area (Å²) in [5.74, 6) is -0.539. The first-order valence-corrected chi connectivity index (χ1v) is 8.97. The standard InChI is InChI=1S/C16H16N2O4S2/c1-8-5-11(22-2)10(15(20)21)6-12(8)23-13-7-17-16(24-13)18-14(19)9-3-4-9/h5-7,9H,3-4H2,1-2H3,(H,20,21)(H,17,18,19). The normalized spacial score (nSPS) is 13.6. The van der Waals surface area contributed by atoms with Gasteiger partial charge < -0.3 is 15.2 Å². The van der Waals surface area contributed by atoms with Crippen LogP contribution < -0.4 is 10.1 Å². The smallest absolute Gasteiger partial charge is 0.339 e. The summed E-state index contributed by atoms with van der Waals surface area (Å²) in [4.78, 5) is 28.1. The molecule has 0 atom stereocenters. The maximum absolute atomic E-state index is 11.8. The lowest BCUT2D eigenvalue weighted by atomic mass is 10.1. The van der Waals surface area contributed by atoms with Gasteiger partial charge in [0.2, 0.25) is 5.91 Å². The first-order chi connectivity index (χ1) is 11.5. The Morgan fingerprint density at radius 3 is 2.79 bits per heavy atom. The maximum Gasteiger partial charge on any atom is 0.339 e. The van der Waals surface area contributed by atoms with Crippen LogP contribution in [-0.2, 0) is 4.79 Å². The molecule has 3 rings (SSSR count). The molecule has 1 aliphatic carbocycles. The van der Waals surface area contributed by atoms with Crippen molar-refractivity contribution in [2.75, 3.05) is 12.4 Å². The number of hydrogen-bond donors (Lipinski definition) is 2. The molecule has 24 heavy (non-hydrogen) atoms. The maximum atomic E-state index is 11.8. The Bertz CT molecular complexity index is 799. The molecular weight excluding hydrogens is 348 g/mol. The van der Waals surface area contributed by atoms with Gasteiger partial charge in [0.05, 0.1) is 17.5 Å². The van der Waals surface area contributed by atoms with Crippen molar-refractivity contribution in [3.8, 4) is 5.75 Å². The molecule has 8 heteroatoms. The summed E-state index contributed by atoms with van der Waals surface area (Å²) in [6.45, 7) is 1.90. The molecule has 0 unspecified atom stereocenters. The van der Waals surface area contributed by atoms with Crippen molar-refractivity contribution in [3.05, 3.63) is 29.5 Å². The molecule has 1 aromatic carbocycles. The lowest BCUT2D eigenvalue weighted by molar-refractivity contribution is -0.117. The number of anilines is 1. The molecule has 126 valence electrons. The van der Waals surface area contributed by atoms with E-state index in [0.717, 1.165) is 27.5 Å². The van der Waals surface area contributed by atoms with Crippen molar-refractivity contribution >= 4 is 40.1 Å². The number of methoxy groups -OCH3 is 1. The Balaban J connectivity index is 1.78. The highest BCUT2D eigenvalue weighted by atomic mass is 32.2. The van der Waals surface area contributed by atoms with Gasteiger partial charge in [0, 0.05) is 10.8 Å². The van der Waals surface area contributed by atoms with E-state index in [0.29, 0.717) is 10.9 Å². The van der Waals surface area contributed by atoms with E-state index in [-0.39, 0.29) is 17.4 Å². The zero-order valence-electron chi connectivity index (χ0n) is 13.2. The number of benzene rings is 1. The van der Waals surface area contributed by atoms with Crippen LogP contribution in [0, 0.1) is 12.8 Å². The fourth-order valence-corrected chi connectivity index (χ4v) is 4.08. The average Bonchev–Trinajstić information content (AvgIpc) is 3.31. The highest BCUT2D eigenvalue weighted by Crippen LogP contribution is 2.38. The molecule has 1 aliphatic rings. The lowest BCUT2D eigenvalue weighted by Crippen LogP contribution is -2.12. The first kappa shape index (κ1) is 16.8. The third kappa shape index (κ3) is 3.70. The second kappa shape index (κ2) is 6.82. The Morgan fingerprint density at radius 1 is 1.42 bits per heavy atom. The van der Waals surface area contributed by atoms with E-state index in [1.807, 2.05) is 6.92 Å². The van der Waals surface area contributed by atoms with Gasteiger partial charge in [-0.1, -0.05) is 23.1 Å². The number of nitrogens with one attached hydrogen (secondary N) is 1. The summed E-state index contributed by atoms with van der Waals surface area (Å²) in [5.41, 5.74) is 1.04. The van der Waals surface area contributed by atoms with E-state index in [9.17, 15) is 14.7 Å². The summed E-state index contributed by atoms with van der Waals surface area (Å²) < 4.78 is 6.00. The molecule has 1 amide bonds. The predicted molar refractivity (Wildman–Crippen MR) is 92.3 cm³/mol. The van der Waals surface area contributed by atoms with E-state index < -0.39 is 5.97 Å². The zero-order valence-corrected chi connectivity index (χ0v) is 14.8. The number of thiazole rings is 1. The van der Waals surface area contributed by atoms with Gasteiger partial charge in [0.1, 0.15) is 11.3 Å². The van der Waals surface area contributed by atoms with E-state index in [1.165, 1.54) is 30.2 Å². The van der Waals surface area contributed by atoms with E-state index in [1.54, 1.807) is 18.3 Å². The molecule has 0 radical (unpaired) electrons. The highest BCUT2D eigenvalue weighted by Gasteiger charge is 2.30. The van der Waals surface area contributed by atoms with Gasteiger partial charge in [-0.2, -0.15) is 0 Å². The number of nitrogens with zero attached hydrogens (tertiary/aromatic N) is 1. The minimum Gasteiger partial charge on any atom is -0.496 e. The average molecular weight is 364 g/mol. The number of rotatable bonds is 6. The van der Waals surface area contributed by atoms with Gasteiger partial charge in [-0.3, -0.25) is 4.79 Å². The van der Waals surface area contributed by atoms with Gasteiger partial charge in [-0.15, -0.1) is 0 Å². The van der Waals surface area contributed by atoms with Crippen molar-refractivity contribution in [2.24, 2.45) is 5.92 Å². The summed E-state index contributed by atoms with van der Waals surface area (Å²) in [7, 11) is 1.45. The minimum absolute atomic E-state index is 0.0229. The zero-order chi connectivity index (χ0) is 17.3. The Morgan fingerprint density at radius 2 is 2.17 bits per heavy atom. The van der Waals surface area contributed by atoms with Crippen LogP contribution in [-0.4, -0.2) is 29.1 Å². The van der Waals surface area contributed by atoms with Gasteiger partial charge in [0.15, 0.2) is 5.13 Å². The Hall–Kier alpha value is -2.06. The highest BCUT2D eigenvalue weighted by molar-refractivity contribution is 8.01. The number of carbonyl (C=O) groups excluding carboxylic acids is 1. The van der Waals surface area contributed by atoms with Gasteiger partial charge in [-0.25, -0.2) is 9.78 Å². The molecule has 1 saturated carbocycles. The largest absolute Gasteiger partial charge is 0.496 e. The molecule has 2 N–H and O–H groups in total. The van der Waals surface area contributed by atoms with Crippen LogP contribution >= 0.6 is 23.1 Å². The molecule has 0 aliphatic heterocycles. The quantitative estimate of drug-likeness (QED) is 0.813. The third-order valence-electron chi connectivity index (χ3n) is 3.60. The van der Waals surface area contributed by atoms with Crippen molar-refractivity contribution in [2.45, 2.75) is 28.9 Å². The van der Waals surface area contributed by atoms with Crippen LogP contribution in [0.4, 0.5) is 5.13 Å². The van der Waals surface area contributed by atoms with Crippen LogP contribution in [0.2, 0.25) is 0 Å². The molecular formula is C16H16N2O4S2. The Labute approximate surface area is 147 Å². The van der Waals surface area contributed by atoms with Gasteiger partial charge in [-0.05, 0) is 37.5 Å². The second-order valence-electron chi connectivity index (χ2n) is 5.47. The number of carboxylic acid groups (broad SMARTS) is 1. The summed E-state index contributed by atoms with van der Waals surface area (Å²) in [6.07, 6.45) is 3.58. The van der Waals surface area contributed by atoms with Crippen LogP contribution in [0.15, 0.2) is 27.4 Å². The van der Waals surface area contributed by atoms with Crippen molar-refractivity contribution in [1.82, 2.24) is 4.98 Å². The monoisotopic (exact) mass is 364 g/mol. The number of amides is 1. The molecule has 1 heterocycles. The van der Waals surface area contributed by atoms with E-state index in [2.05, 4.69) is 10.3 Å². The van der Waals surface area contributed by atoms with Gasteiger partial charge >= 0.3 is 5.97 Å². The first-order valence-electron chi connectivity index (χ1n) is 7.34. The molecule has 6 nitrogen and oxygen atoms in total. The fraction of sp³-hybridized carbons (Fsp3) is 0.312. The molecule has 1 aromatic heterocycles. The number of ether oxygens (including phenoxy) is 1. The SMILES string of the molecule is COc1cc(C)c(Sc2cnc(NC(=O)C3CC3)s2)cc1C(=O)O. The van der Waals surface area contributed by atoms with Gasteiger partial charge in [0.25, 0.3) is 0 Å². The van der Waals surface area contributed by atoms with E-state index >= 15 is 0 Å².